The Kier molecular flexibility index (Phi) is 15.0. The number of fused-ring (bicyclic) bond motifs is 6. The van der Waals surface area contributed by atoms with Gasteiger partial charge in [0.05, 0.1) is 31.0 Å². The number of benzene rings is 4. The number of carbonyl (C=O) groups is 2. The maximum atomic E-state index is 13.2. The van der Waals surface area contributed by atoms with Gasteiger partial charge in [-0.05, 0) is 153 Å². The van der Waals surface area contributed by atoms with Crippen LogP contribution < -0.4 is 0 Å². The molecule has 7 atom stereocenters. The molecule has 9 nitrogen and oxygen atoms in total. The molecule has 4 heterocycles. The minimum atomic E-state index is -0.989. The number of ether oxygens (including phenoxy) is 2. The molecule has 10 rings (SSSR count). The number of aliphatic hydroxyl groups excluding tert-OH is 1. The first kappa shape index (κ1) is 50.3. The molecule has 2 aliphatic carbocycles. The van der Waals surface area contributed by atoms with Crippen molar-refractivity contribution in [3.05, 3.63) is 201 Å². The van der Waals surface area contributed by atoms with Crippen LogP contribution in [-0.4, -0.2) is 61.0 Å². The summed E-state index contributed by atoms with van der Waals surface area (Å²) in [5.74, 6) is 0.113. The van der Waals surface area contributed by atoms with Crippen molar-refractivity contribution >= 4 is 11.6 Å². The van der Waals surface area contributed by atoms with Gasteiger partial charge in [0.25, 0.3) is 0 Å². The second-order valence-corrected chi connectivity index (χ2v) is 21.2. The van der Waals surface area contributed by atoms with E-state index in [1.807, 2.05) is 81.4 Å². The number of Topliss-reactive ketones (excluding diaryl/α,β-unsaturated/α-hetero) is 2. The Labute approximate surface area is 419 Å². The highest BCUT2D eigenvalue weighted by atomic mass is 16.6. The Hall–Kier alpha value is -5.68. The number of hydrogen-bond acceptors (Lipinski definition) is 9. The van der Waals surface area contributed by atoms with E-state index >= 15 is 0 Å². The molecule has 0 radical (unpaired) electrons. The van der Waals surface area contributed by atoms with E-state index in [0.717, 1.165) is 89.7 Å². The summed E-state index contributed by atoms with van der Waals surface area (Å²) in [5.41, 5.74) is 10.0. The molecule has 0 saturated heterocycles. The third-order valence-corrected chi connectivity index (χ3v) is 17.0. The fourth-order valence-corrected chi connectivity index (χ4v) is 12.6. The van der Waals surface area contributed by atoms with E-state index in [9.17, 15) is 24.9 Å². The van der Waals surface area contributed by atoms with Crippen LogP contribution >= 0.6 is 0 Å². The quantitative estimate of drug-likeness (QED) is 0.102. The topological polar surface area (TPSA) is 139 Å². The standard InChI is InChI=1S/C31H35NO4.C31H35NO3/c1-3-30(35)13-14-31(18-22-8-5-4-6-9-22)26-12-11-24(16-25(26)20-36-29(34)27(31)19-30)28(33)17-23-10-7-15-32-21(23)2;1-3-30(34)13-14-31(18-23-8-5-4-6-9-23)27(19-30)21-35-20-26-16-25(11-12-28(26)31)29(33)17-24-10-7-15-32-22(24)2/h4-12,15-16,27,29,34-35H,3,13-14,17-20H2,1-2H3;4-12,15-16,27,34H,3,13-14,17-21H2,1-2H3/t27-,29?,30-,31-;27-,30-,31+/m11/s1. The highest BCUT2D eigenvalue weighted by molar-refractivity contribution is 5.98. The SMILES string of the molecule is CC[C@@]1(O)CC[C@@]2(Cc3ccccc3)c3ccc(C(=O)Cc4cccnc4C)cc3COC(O)[C@H]2C1.CC[C@@]1(O)CC[C@@]2(Cc3ccccc3)c3ccc(C(=O)Cc4cccnc4C)cc3COC[C@H]2C1. The number of carbonyl (C=O) groups excluding carboxylic acids is 2. The van der Waals surface area contributed by atoms with E-state index in [2.05, 4.69) is 77.6 Å². The molecular weight excluding hydrogens is 885 g/mol. The summed E-state index contributed by atoms with van der Waals surface area (Å²) in [6.45, 7) is 9.31. The molecule has 2 aromatic heterocycles. The van der Waals surface area contributed by atoms with Gasteiger partial charge in [0.2, 0.25) is 0 Å². The number of hydrogen-bond donors (Lipinski definition) is 3. The van der Waals surface area contributed by atoms with E-state index in [-0.39, 0.29) is 35.4 Å². The summed E-state index contributed by atoms with van der Waals surface area (Å²) in [6.07, 6.45) is 10.6. The molecule has 9 heteroatoms. The summed E-state index contributed by atoms with van der Waals surface area (Å²) in [6, 6.07) is 40.8. The Morgan fingerprint density at radius 1 is 0.606 bits per heavy atom. The number of rotatable bonds is 12. The van der Waals surface area contributed by atoms with Gasteiger partial charge in [-0.3, -0.25) is 19.6 Å². The van der Waals surface area contributed by atoms with Crippen molar-refractivity contribution in [2.24, 2.45) is 11.8 Å². The van der Waals surface area contributed by atoms with Crippen molar-refractivity contribution in [3.8, 4) is 0 Å². The van der Waals surface area contributed by atoms with Gasteiger partial charge >= 0.3 is 0 Å². The maximum absolute atomic E-state index is 13.2. The van der Waals surface area contributed by atoms with Crippen molar-refractivity contribution in [1.29, 1.82) is 0 Å². The third-order valence-electron chi connectivity index (χ3n) is 17.0. The smallest absolute Gasteiger partial charge is 0.167 e. The number of nitrogens with zero attached hydrogens (tertiary/aromatic N) is 2. The average Bonchev–Trinajstić information content (AvgIpc) is 3.61. The van der Waals surface area contributed by atoms with E-state index in [1.54, 1.807) is 12.4 Å². The summed E-state index contributed by atoms with van der Waals surface area (Å²) < 4.78 is 12.2. The molecule has 370 valence electrons. The van der Waals surface area contributed by atoms with Crippen LogP contribution in [0.5, 0.6) is 0 Å². The van der Waals surface area contributed by atoms with Gasteiger partial charge in [0, 0.05) is 64.5 Å². The first-order valence-corrected chi connectivity index (χ1v) is 25.8. The summed E-state index contributed by atoms with van der Waals surface area (Å²) >= 11 is 0. The lowest BCUT2D eigenvalue weighted by atomic mass is 9.55. The fourth-order valence-electron chi connectivity index (χ4n) is 12.6. The fraction of sp³-hybridized carbons (Fsp3) is 0.419. The van der Waals surface area contributed by atoms with Gasteiger partial charge < -0.3 is 24.8 Å². The predicted octanol–water partition coefficient (Wildman–Crippen LogP) is 10.9. The zero-order chi connectivity index (χ0) is 49.8. The maximum Gasteiger partial charge on any atom is 0.167 e. The van der Waals surface area contributed by atoms with Gasteiger partial charge in [-0.25, -0.2) is 0 Å². The lowest BCUT2D eigenvalue weighted by Crippen LogP contribution is -2.52. The van der Waals surface area contributed by atoms with E-state index in [4.69, 9.17) is 9.47 Å². The Morgan fingerprint density at radius 2 is 1.10 bits per heavy atom. The first-order valence-electron chi connectivity index (χ1n) is 25.8. The Bertz CT molecular complexity index is 2830. The normalized spacial score (nSPS) is 26.7. The number of aryl methyl sites for hydroxylation is 2. The van der Waals surface area contributed by atoms with Crippen molar-refractivity contribution in [2.75, 3.05) is 6.61 Å². The van der Waals surface area contributed by atoms with Crippen molar-refractivity contribution in [2.45, 2.75) is 146 Å². The van der Waals surface area contributed by atoms with Crippen LogP contribution in [0.3, 0.4) is 0 Å². The molecule has 71 heavy (non-hydrogen) atoms. The predicted molar refractivity (Wildman–Crippen MR) is 276 cm³/mol. The zero-order valence-electron chi connectivity index (χ0n) is 41.9. The molecule has 1 unspecified atom stereocenters. The molecule has 0 bridgehead atoms. The third kappa shape index (κ3) is 10.6. The van der Waals surface area contributed by atoms with Gasteiger partial charge in [0.15, 0.2) is 17.9 Å². The second kappa shape index (κ2) is 21.2. The molecule has 2 fully saturated rings. The Morgan fingerprint density at radius 3 is 1.63 bits per heavy atom. The van der Waals surface area contributed by atoms with E-state index in [0.29, 0.717) is 50.9 Å². The molecule has 4 aliphatic rings. The molecule has 2 aliphatic heterocycles. The van der Waals surface area contributed by atoms with Gasteiger partial charge in [-0.1, -0.05) is 111 Å². The van der Waals surface area contributed by atoms with Crippen LogP contribution in [-0.2, 0) is 59.2 Å². The summed E-state index contributed by atoms with van der Waals surface area (Å²) in [4.78, 5) is 35.1. The van der Waals surface area contributed by atoms with Gasteiger partial charge in [0.1, 0.15) is 0 Å². The molecule has 4 aromatic carbocycles. The lowest BCUT2D eigenvalue weighted by Gasteiger charge is -2.51. The monoisotopic (exact) mass is 955 g/mol. The van der Waals surface area contributed by atoms with Crippen molar-refractivity contribution in [3.63, 3.8) is 0 Å². The van der Waals surface area contributed by atoms with Crippen LogP contribution in [0.1, 0.15) is 142 Å². The van der Waals surface area contributed by atoms with Crippen LogP contribution in [0.15, 0.2) is 134 Å². The molecule has 3 N–H and O–H groups in total. The van der Waals surface area contributed by atoms with Crippen LogP contribution in [0, 0.1) is 25.7 Å². The first-order chi connectivity index (χ1) is 34.3. The summed E-state index contributed by atoms with van der Waals surface area (Å²) in [7, 11) is 0. The summed E-state index contributed by atoms with van der Waals surface area (Å²) in [5, 5.41) is 33.7. The van der Waals surface area contributed by atoms with Gasteiger partial charge in [-0.2, -0.15) is 0 Å². The number of aromatic nitrogens is 2. The highest BCUT2D eigenvalue weighted by Gasteiger charge is 2.54. The van der Waals surface area contributed by atoms with Crippen LogP contribution in [0.25, 0.3) is 0 Å². The van der Waals surface area contributed by atoms with E-state index in [1.165, 1.54) is 16.7 Å². The number of ketones is 2. The van der Waals surface area contributed by atoms with Crippen molar-refractivity contribution in [1.82, 2.24) is 9.97 Å². The number of aliphatic hydroxyl groups is 3. The molecule has 6 aromatic rings. The van der Waals surface area contributed by atoms with E-state index < -0.39 is 22.9 Å². The van der Waals surface area contributed by atoms with Crippen LogP contribution in [0.4, 0.5) is 0 Å². The molecule has 2 saturated carbocycles. The molecule has 0 spiro atoms. The highest BCUT2D eigenvalue weighted by Crippen LogP contribution is 2.55. The average molecular weight is 955 g/mol. The minimum absolute atomic E-state index is 0.0383. The minimum Gasteiger partial charge on any atom is -0.390 e. The Balaban J connectivity index is 0.000000176. The number of pyridine rings is 2. The van der Waals surface area contributed by atoms with Crippen molar-refractivity contribution < 1.29 is 34.4 Å². The largest absolute Gasteiger partial charge is 0.390 e. The zero-order valence-corrected chi connectivity index (χ0v) is 41.9. The van der Waals surface area contributed by atoms with Crippen LogP contribution in [0.2, 0.25) is 0 Å². The molecule has 0 amide bonds. The van der Waals surface area contributed by atoms with Gasteiger partial charge in [-0.15, -0.1) is 0 Å². The lowest BCUT2D eigenvalue weighted by molar-refractivity contribution is -0.183. The second-order valence-electron chi connectivity index (χ2n) is 21.2. The molecular formula is C62H70N2O7.